The van der Waals surface area contributed by atoms with E-state index in [0.29, 0.717) is 39.4 Å². The molecule has 2 aliphatic heterocycles. The molecular weight excluding hydrogens is 356 g/mol. The van der Waals surface area contributed by atoms with Gasteiger partial charge in [-0.25, -0.2) is 0 Å². The van der Waals surface area contributed by atoms with Crippen LogP contribution in [0.5, 0.6) is 0 Å². The zero-order valence-electron chi connectivity index (χ0n) is 17.2. The summed E-state index contributed by atoms with van der Waals surface area (Å²) in [5.74, 6) is 0.331. The van der Waals surface area contributed by atoms with Crippen molar-refractivity contribution in [1.82, 2.24) is 19.3 Å². The number of hydrogen-bond acceptors (Lipinski definition) is 5. The van der Waals surface area contributed by atoms with Crippen molar-refractivity contribution in [3.05, 3.63) is 35.7 Å². The smallest absolute Gasteiger partial charge is 0.236 e. The highest BCUT2D eigenvalue weighted by Gasteiger charge is 2.25. The van der Waals surface area contributed by atoms with Gasteiger partial charge in [0.25, 0.3) is 0 Å². The Morgan fingerprint density at radius 3 is 2.32 bits per heavy atom. The first kappa shape index (κ1) is 20.8. The summed E-state index contributed by atoms with van der Waals surface area (Å²) in [7, 11) is 0. The van der Waals surface area contributed by atoms with Crippen LogP contribution < -0.4 is 0 Å². The summed E-state index contributed by atoms with van der Waals surface area (Å²) >= 11 is 0. The van der Waals surface area contributed by atoms with Crippen LogP contribution in [0.25, 0.3) is 0 Å². The Bertz CT molecular complexity index is 713. The van der Waals surface area contributed by atoms with Crippen molar-refractivity contribution in [1.29, 1.82) is 0 Å². The quantitative estimate of drug-likeness (QED) is 0.514. The monoisotopic (exact) mass is 388 g/mol. The van der Waals surface area contributed by atoms with Gasteiger partial charge in [0.2, 0.25) is 5.91 Å². The van der Waals surface area contributed by atoms with Crippen LogP contribution >= 0.6 is 0 Å². The number of amides is 1. The largest absolute Gasteiger partial charge is 0.379 e. The third-order valence-corrected chi connectivity index (χ3v) is 5.74. The van der Waals surface area contributed by atoms with Gasteiger partial charge in [0.05, 0.1) is 26.3 Å². The molecule has 2 fully saturated rings. The molecule has 154 valence electrons. The van der Waals surface area contributed by atoms with E-state index in [-0.39, 0.29) is 11.7 Å². The van der Waals surface area contributed by atoms with E-state index in [9.17, 15) is 9.59 Å². The molecule has 0 unspecified atom stereocenters. The van der Waals surface area contributed by atoms with Crippen molar-refractivity contribution in [3.8, 4) is 0 Å². The van der Waals surface area contributed by atoms with Crippen molar-refractivity contribution in [2.75, 3.05) is 65.6 Å². The average molecular weight is 389 g/mol. The fourth-order valence-electron chi connectivity index (χ4n) is 3.99. The molecule has 7 nitrogen and oxygen atoms in total. The first-order valence-corrected chi connectivity index (χ1v) is 10.1. The zero-order valence-corrected chi connectivity index (χ0v) is 17.2. The molecular formula is C21H32N4O3. The second-order valence-corrected chi connectivity index (χ2v) is 7.65. The lowest BCUT2D eigenvalue weighted by molar-refractivity contribution is -0.135. The van der Waals surface area contributed by atoms with Gasteiger partial charge < -0.3 is 14.2 Å². The van der Waals surface area contributed by atoms with Crippen LogP contribution in [-0.4, -0.2) is 96.5 Å². The molecule has 0 saturated carbocycles. The third-order valence-electron chi connectivity index (χ3n) is 5.74. The molecule has 2 saturated heterocycles. The molecule has 0 bridgehead atoms. The predicted octanol–water partition coefficient (Wildman–Crippen LogP) is 0.950. The number of morpholine rings is 1. The second-order valence-electron chi connectivity index (χ2n) is 7.65. The number of carbonyl (C=O) groups excluding carboxylic acids is 2. The maximum atomic E-state index is 12.8. The number of carbonyl (C=O) groups is 2. The lowest BCUT2D eigenvalue weighted by Gasteiger charge is -2.36. The van der Waals surface area contributed by atoms with E-state index in [1.54, 1.807) is 0 Å². The molecule has 1 amide bonds. The van der Waals surface area contributed by atoms with Gasteiger partial charge in [-0.15, -0.1) is 6.58 Å². The molecule has 0 aromatic carbocycles. The Morgan fingerprint density at radius 2 is 1.68 bits per heavy atom. The van der Waals surface area contributed by atoms with E-state index >= 15 is 0 Å². The normalized spacial score (nSPS) is 19.0. The topological polar surface area (TPSA) is 58.0 Å². The summed E-state index contributed by atoms with van der Waals surface area (Å²) in [6.45, 7) is 15.3. The van der Waals surface area contributed by atoms with E-state index in [1.165, 1.54) is 0 Å². The Hall–Kier alpha value is -1.96. The van der Waals surface area contributed by atoms with Crippen molar-refractivity contribution < 1.29 is 14.3 Å². The molecule has 7 heteroatoms. The number of nitrogens with zero attached hydrogens (tertiary/aromatic N) is 4. The van der Waals surface area contributed by atoms with Crippen molar-refractivity contribution in [3.63, 3.8) is 0 Å². The molecule has 1 aromatic heterocycles. The number of ketones is 1. The zero-order chi connectivity index (χ0) is 20.1. The van der Waals surface area contributed by atoms with E-state index in [0.717, 1.165) is 49.7 Å². The second kappa shape index (κ2) is 9.49. The van der Waals surface area contributed by atoms with Crippen LogP contribution in [-0.2, 0) is 16.1 Å². The summed E-state index contributed by atoms with van der Waals surface area (Å²) in [6.07, 6.45) is 1.85. The van der Waals surface area contributed by atoms with Crippen molar-refractivity contribution in [2.45, 2.75) is 20.4 Å². The van der Waals surface area contributed by atoms with Crippen molar-refractivity contribution >= 4 is 11.7 Å². The van der Waals surface area contributed by atoms with E-state index in [4.69, 9.17) is 4.74 Å². The molecule has 0 radical (unpaired) electrons. The average Bonchev–Trinajstić information content (AvgIpc) is 2.98. The lowest BCUT2D eigenvalue weighted by Crippen LogP contribution is -2.52. The first-order chi connectivity index (χ1) is 13.5. The highest BCUT2D eigenvalue weighted by molar-refractivity contribution is 5.99. The third kappa shape index (κ3) is 4.90. The molecule has 0 aliphatic carbocycles. The fraction of sp³-hybridized carbons (Fsp3) is 0.619. The maximum Gasteiger partial charge on any atom is 0.236 e. The lowest BCUT2D eigenvalue weighted by atomic mass is 10.1. The minimum atomic E-state index is 0.150. The minimum absolute atomic E-state index is 0.150. The predicted molar refractivity (Wildman–Crippen MR) is 109 cm³/mol. The van der Waals surface area contributed by atoms with Crippen LogP contribution in [0, 0.1) is 13.8 Å². The van der Waals surface area contributed by atoms with Crippen LogP contribution in [0.4, 0.5) is 0 Å². The highest BCUT2D eigenvalue weighted by atomic mass is 16.5. The van der Waals surface area contributed by atoms with Gasteiger partial charge in [0, 0.05) is 62.8 Å². The number of aromatic nitrogens is 1. The molecule has 28 heavy (non-hydrogen) atoms. The number of hydrogen-bond donors (Lipinski definition) is 0. The van der Waals surface area contributed by atoms with E-state index in [2.05, 4.69) is 20.9 Å². The summed E-state index contributed by atoms with van der Waals surface area (Å²) in [4.78, 5) is 31.5. The highest BCUT2D eigenvalue weighted by Crippen LogP contribution is 2.17. The first-order valence-electron chi connectivity index (χ1n) is 10.1. The fourth-order valence-corrected chi connectivity index (χ4v) is 3.99. The molecule has 1 aromatic rings. The number of allylic oxidation sites excluding steroid dienone is 1. The molecule has 0 N–H and O–H groups in total. The molecule has 3 rings (SSSR count). The molecule has 3 heterocycles. The SMILES string of the molecule is C=CCn1c(C)cc(C(=O)CN2CCN(C(=O)CN3CCOCC3)CC2)c1C. The van der Waals surface area contributed by atoms with Gasteiger partial charge in [-0.2, -0.15) is 0 Å². The number of piperazine rings is 1. The standard InChI is InChI=1S/C21H32N4O3/c1-4-5-25-17(2)14-19(18(25)3)20(26)15-22-6-8-24(9-7-22)21(27)16-23-10-12-28-13-11-23/h4,14H,1,5-13,15-16H2,2-3H3. The number of ether oxygens (including phenoxy) is 1. The van der Waals surface area contributed by atoms with E-state index < -0.39 is 0 Å². The van der Waals surface area contributed by atoms with E-state index in [1.807, 2.05) is 30.9 Å². The van der Waals surface area contributed by atoms with Crippen LogP contribution in [0.15, 0.2) is 18.7 Å². The van der Waals surface area contributed by atoms with Crippen LogP contribution in [0.2, 0.25) is 0 Å². The number of Topliss-reactive ketones (excluding diaryl/α,β-unsaturated/α-hetero) is 1. The minimum Gasteiger partial charge on any atom is -0.379 e. The Labute approximate surface area is 167 Å². The summed E-state index contributed by atoms with van der Waals surface area (Å²) in [6, 6.07) is 1.98. The van der Waals surface area contributed by atoms with Gasteiger partial charge in [-0.1, -0.05) is 6.08 Å². The molecule has 2 aliphatic rings. The number of aryl methyl sites for hydroxylation is 1. The Morgan fingerprint density at radius 1 is 1.04 bits per heavy atom. The summed E-state index contributed by atoms with van der Waals surface area (Å²) in [5, 5.41) is 0. The van der Waals surface area contributed by atoms with Gasteiger partial charge in [0.15, 0.2) is 5.78 Å². The van der Waals surface area contributed by atoms with Gasteiger partial charge in [-0.3, -0.25) is 19.4 Å². The van der Waals surface area contributed by atoms with Gasteiger partial charge >= 0.3 is 0 Å². The van der Waals surface area contributed by atoms with Crippen LogP contribution in [0.1, 0.15) is 21.7 Å². The van der Waals surface area contributed by atoms with Gasteiger partial charge in [-0.05, 0) is 19.9 Å². The maximum absolute atomic E-state index is 12.8. The van der Waals surface area contributed by atoms with Crippen molar-refractivity contribution in [2.24, 2.45) is 0 Å². The Balaban J connectivity index is 1.48. The Kier molecular flexibility index (Phi) is 7.04. The number of rotatable bonds is 7. The summed E-state index contributed by atoms with van der Waals surface area (Å²) in [5.41, 5.74) is 2.88. The summed E-state index contributed by atoms with van der Waals surface area (Å²) < 4.78 is 7.45. The van der Waals surface area contributed by atoms with Gasteiger partial charge in [0.1, 0.15) is 0 Å². The molecule has 0 spiro atoms. The molecule has 0 atom stereocenters. The van der Waals surface area contributed by atoms with Crippen LogP contribution in [0.3, 0.4) is 0 Å².